The molecule has 0 aliphatic carbocycles. The summed E-state index contributed by atoms with van der Waals surface area (Å²) in [5.41, 5.74) is 10.7. The van der Waals surface area contributed by atoms with Crippen molar-refractivity contribution in [3.05, 3.63) is 168 Å². The highest BCUT2D eigenvalue weighted by molar-refractivity contribution is 5.85. The van der Waals surface area contributed by atoms with Crippen LogP contribution in [0.1, 0.15) is 37.5 Å². The second kappa shape index (κ2) is 13.5. The van der Waals surface area contributed by atoms with Crippen molar-refractivity contribution in [1.82, 2.24) is 0 Å². The van der Waals surface area contributed by atoms with E-state index in [0.717, 1.165) is 30.2 Å². The molecular weight excluding hydrogens is 496 g/mol. The van der Waals surface area contributed by atoms with E-state index in [-0.39, 0.29) is 0 Å². The molecule has 0 spiro atoms. The lowest BCUT2D eigenvalue weighted by Gasteiger charge is -2.25. The van der Waals surface area contributed by atoms with Crippen LogP contribution in [0.4, 0.5) is 22.7 Å². The lowest BCUT2D eigenvalue weighted by molar-refractivity contribution is 0.866. The number of allylic oxidation sites excluding steroid dienone is 3. The average Bonchev–Trinajstić information content (AvgIpc) is 3.04. The molecule has 0 fully saturated rings. The molecule has 204 valence electrons. The number of benzene rings is 5. The minimum absolute atomic E-state index is 0.998. The molecule has 0 radical (unpaired) electrons. The minimum atomic E-state index is 0.998. The third-order valence-corrected chi connectivity index (χ3v) is 7.50. The summed E-state index contributed by atoms with van der Waals surface area (Å²) in [5.74, 6) is 0. The second-order valence-electron chi connectivity index (χ2n) is 10.1. The fourth-order valence-electron chi connectivity index (χ4n) is 5.20. The zero-order valence-electron chi connectivity index (χ0n) is 24.2. The number of para-hydroxylation sites is 2. The van der Waals surface area contributed by atoms with Gasteiger partial charge in [0.05, 0.1) is 0 Å². The highest BCUT2D eigenvalue weighted by Crippen LogP contribution is 2.35. The predicted molar refractivity (Wildman–Crippen MR) is 178 cm³/mol. The summed E-state index contributed by atoms with van der Waals surface area (Å²) in [5, 5.41) is 0. The van der Waals surface area contributed by atoms with Gasteiger partial charge in [0.2, 0.25) is 0 Å². The van der Waals surface area contributed by atoms with E-state index in [1.54, 1.807) is 0 Å². The Morgan fingerprint density at radius 1 is 0.463 bits per heavy atom. The lowest BCUT2D eigenvalue weighted by Crippen LogP contribution is -2.21. The van der Waals surface area contributed by atoms with Crippen LogP contribution in [0.15, 0.2) is 152 Å². The zero-order valence-corrected chi connectivity index (χ0v) is 24.2. The van der Waals surface area contributed by atoms with Gasteiger partial charge in [-0.05, 0) is 97.1 Å². The maximum absolute atomic E-state index is 2.38. The summed E-state index contributed by atoms with van der Waals surface area (Å²) < 4.78 is 0. The molecule has 0 saturated carbocycles. The quantitative estimate of drug-likeness (QED) is 0.164. The molecule has 0 N–H and O–H groups in total. The van der Waals surface area contributed by atoms with Crippen LogP contribution in [0.3, 0.4) is 0 Å². The van der Waals surface area contributed by atoms with Gasteiger partial charge < -0.3 is 9.80 Å². The Labute approximate surface area is 245 Å². The Kier molecular flexibility index (Phi) is 9.13. The van der Waals surface area contributed by atoms with Crippen molar-refractivity contribution in [3.63, 3.8) is 0 Å². The van der Waals surface area contributed by atoms with Gasteiger partial charge in [-0.25, -0.2) is 0 Å². The molecule has 0 saturated heterocycles. The highest BCUT2D eigenvalue weighted by atomic mass is 15.1. The van der Waals surface area contributed by atoms with E-state index in [2.05, 4.69) is 182 Å². The van der Waals surface area contributed by atoms with E-state index in [1.165, 1.54) is 33.5 Å². The smallest absolute Gasteiger partial charge is 0.0462 e. The van der Waals surface area contributed by atoms with Crippen LogP contribution in [0, 0.1) is 0 Å². The Morgan fingerprint density at radius 3 is 1.34 bits per heavy atom. The van der Waals surface area contributed by atoms with Gasteiger partial charge in [-0.3, -0.25) is 0 Å². The first-order valence-electron chi connectivity index (χ1n) is 14.5. The fourth-order valence-corrected chi connectivity index (χ4v) is 5.20. The van der Waals surface area contributed by atoms with E-state index in [0.29, 0.717) is 0 Å². The van der Waals surface area contributed by atoms with Crippen molar-refractivity contribution in [2.45, 2.75) is 20.8 Å². The number of hydrogen-bond acceptors (Lipinski definition) is 2. The van der Waals surface area contributed by atoms with Crippen LogP contribution < -0.4 is 9.80 Å². The van der Waals surface area contributed by atoms with Crippen molar-refractivity contribution in [2.24, 2.45) is 0 Å². The third-order valence-electron chi connectivity index (χ3n) is 7.50. The largest absolute Gasteiger partial charge is 0.372 e. The van der Waals surface area contributed by atoms with Crippen LogP contribution >= 0.6 is 0 Å². The van der Waals surface area contributed by atoms with Crippen LogP contribution in [-0.4, -0.2) is 13.1 Å². The van der Waals surface area contributed by atoms with Gasteiger partial charge in [-0.2, -0.15) is 0 Å². The maximum Gasteiger partial charge on any atom is 0.0462 e. The van der Waals surface area contributed by atoms with Crippen molar-refractivity contribution in [3.8, 4) is 0 Å². The van der Waals surface area contributed by atoms with E-state index in [4.69, 9.17) is 0 Å². The molecule has 2 nitrogen and oxygen atoms in total. The summed E-state index contributed by atoms with van der Waals surface area (Å²) in [4.78, 5) is 4.68. The molecule has 0 aromatic heterocycles. The zero-order chi connectivity index (χ0) is 28.4. The third kappa shape index (κ3) is 6.67. The van der Waals surface area contributed by atoms with E-state index < -0.39 is 0 Å². The minimum Gasteiger partial charge on any atom is -0.372 e. The van der Waals surface area contributed by atoms with Crippen molar-refractivity contribution in [2.75, 3.05) is 22.9 Å². The molecule has 0 heterocycles. The molecule has 0 bridgehead atoms. The van der Waals surface area contributed by atoms with Gasteiger partial charge in [0, 0.05) is 35.8 Å². The normalized spacial score (nSPS) is 11.8. The molecule has 0 atom stereocenters. The molecule has 5 aromatic carbocycles. The van der Waals surface area contributed by atoms with E-state index >= 15 is 0 Å². The van der Waals surface area contributed by atoms with Crippen molar-refractivity contribution >= 4 is 33.9 Å². The van der Waals surface area contributed by atoms with Gasteiger partial charge in [-0.1, -0.05) is 103 Å². The molecule has 0 amide bonds. The topological polar surface area (TPSA) is 6.48 Å². The summed E-state index contributed by atoms with van der Waals surface area (Å²) in [6.45, 7) is 8.58. The number of hydrogen-bond donors (Lipinski definition) is 0. The monoisotopic (exact) mass is 534 g/mol. The Bertz CT molecular complexity index is 1520. The maximum atomic E-state index is 2.38. The van der Waals surface area contributed by atoms with Crippen molar-refractivity contribution < 1.29 is 0 Å². The lowest BCUT2D eigenvalue weighted by atomic mass is 9.95. The van der Waals surface area contributed by atoms with Crippen LogP contribution in [0.5, 0.6) is 0 Å². The summed E-state index contributed by atoms with van der Waals surface area (Å²) in [6.07, 6.45) is 4.49. The SMILES string of the molecule is CCN(CC)c1ccc(/C(=C\C=C(\C)c2ccccc2)c2ccc(N(c3ccccc3)c3ccccc3)cc2)cc1. The first-order valence-corrected chi connectivity index (χ1v) is 14.5. The average molecular weight is 535 g/mol. The number of anilines is 4. The molecule has 41 heavy (non-hydrogen) atoms. The molecular formula is C39H38N2. The summed E-state index contributed by atoms with van der Waals surface area (Å²) in [7, 11) is 0. The standard InChI is InChI=1S/C39H38N2/c1-4-40(5-2)35-26-22-33(23-27-35)39(30-21-31(3)32-15-9-6-10-16-32)34-24-28-38(29-25-34)41(36-17-11-7-12-18-36)37-19-13-8-14-20-37/h6-30H,4-5H2,1-3H3/b31-21-,39-30+. The Balaban J connectivity index is 1.55. The van der Waals surface area contributed by atoms with Crippen LogP contribution in [-0.2, 0) is 0 Å². The molecule has 0 aliphatic rings. The van der Waals surface area contributed by atoms with Gasteiger partial charge in [-0.15, -0.1) is 0 Å². The predicted octanol–water partition coefficient (Wildman–Crippen LogP) is 10.5. The fraction of sp³-hybridized carbons (Fsp3) is 0.128. The number of rotatable bonds is 10. The van der Waals surface area contributed by atoms with Gasteiger partial charge in [0.25, 0.3) is 0 Å². The van der Waals surface area contributed by atoms with Gasteiger partial charge >= 0.3 is 0 Å². The van der Waals surface area contributed by atoms with Crippen LogP contribution in [0.25, 0.3) is 11.1 Å². The van der Waals surface area contributed by atoms with Crippen LogP contribution in [0.2, 0.25) is 0 Å². The molecule has 5 rings (SSSR count). The van der Waals surface area contributed by atoms with Gasteiger partial charge in [0.1, 0.15) is 0 Å². The first kappa shape index (κ1) is 27.7. The molecule has 5 aromatic rings. The molecule has 0 aliphatic heterocycles. The van der Waals surface area contributed by atoms with Gasteiger partial charge in [0.15, 0.2) is 0 Å². The molecule has 0 unspecified atom stereocenters. The Hall–Kier alpha value is -4.82. The van der Waals surface area contributed by atoms with Crippen molar-refractivity contribution in [1.29, 1.82) is 0 Å². The van der Waals surface area contributed by atoms with E-state index in [9.17, 15) is 0 Å². The Morgan fingerprint density at radius 2 is 0.878 bits per heavy atom. The summed E-state index contributed by atoms with van der Waals surface area (Å²) in [6, 6.07) is 49.6. The number of nitrogens with zero attached hydrogens (tertiary/aromatic N) is 2. The second-order valence-corrected chi connectivity index (χ2v) is 10.1. The summed E-state index contributed by atoms with van der Waals surface area (Å²) >= 11 is 0. The first-order chi connectivity index (χ1) is 20.2. The molecule has 2 heteroatoms. The van der Waals surface area contributed by atoms with E-state index in [1.807, 2.05) is 0 Å². The highest BCUT2D eigenvalue weighted by Gasteiger charge is 2.13.